The van der Waals surface area contributed by atoms with Gasteiger partial charge in [0, 0.05) is 0 Å². The summed E-state index contributed by atoms with van der Waals surface area (Å²) in [6.45, 7) is -0.524. The zero-order valence-corrected chi connectivity index (χ0v) is 8.46. The summed E-state index contributed by atoms with van der Waals surface area (Å²) in [7, 11) is 0. The lowest BCUT2D eigenvalue weighted by Gasteiger charge is -2.15. The maximum Gasteiger partial charge on any atom is 0.323 e. The van der Waals surface area contributed by atoms with E-state index in [1.54, 1.807) is 0 Å². The van der Waals surface area contributed by atoms with Gasteiger partial charge in [-0.1, -0.05) is 0 Å². The molecule has 3 fully saturated rings. The molecule has 0 radical (unpaired) electrons. The molecule has 2 bridgehead atoms. The van der Waals surface area contributed by atoms with Gasteiger partial charge in [-0.25, -0.2) is 0 Å². The molecule has 4 atom stereocenters. The van der Waals surface area contributed by atoms with Gasteiger partial charge in [0.05, 0.1) is 24.0 Å². The number of carboxylic acid groups (broad SMARTS) is 1. The largest absolute Gasteiger partial charge is 0.480 e. The summed E-state index contributed by atoms with van der Waals surface area (Å²) in [5.41, 5.74) is 0. The molecule has 0 unspecified atom stereocenters. The first-order chi connectivity index (χ1) is 7.59. The number of hydrogen-bond acceptors (Lipinski definition) is 4. The number of fused-ring (bicyclic) bond motifs is 5. The van der Waals surface area contributed by atoms with Crippen LogP contribution in [0.2, 0.25) is 0 Å². The Morgan fingerprint density at radius 2 is 1.75 bits per heavy atom. The van der Waals surface area contributed by atoms with Crippen molar-refractivity contribution < 1.29 is 24.2 Å². The van der Waals surface area contributed by atoms with Gasteiger partial charge < -0.3 is 9.84 Å². The molecule has 3 heterocycles. The Labute approximate surface area is 91.2 Å². The summed E-state index contributed by atoms with van der Waals surface area (Å²) in [4.78, 5) is 35.2. The highest BCUT2D eigenvalue weighted by atomic mass is 16.5. The van der Waals surface area contributed by atoms with Crippen LogP contribution in [-0.4, -0.2) is 46.5 Å². The second kappa shape index (κ2) is 3.04. The van der Waals surface area contributed by atoms with Crippen LogP contribution >= 0.6 is 0 Å². The molecule has 0 aromatic heterocycles. The molecule has 6 heteroatoms. The van der Waals surface area contributed by atoms with Crippen LogP contribution in [0, 0.1) is 11.8 Å². The van der Waals surface area contributed by atoms with Crippen molar-refractivity contribution in [2.24, 2.45) is 11.8 Å². The molecule has 0 aromatic carbocycles. The molecule has 3 saturated heterocycles. The molecule has 16 heavy (non-hydrogen) atoms. The molecule has 0 saturated carbocycles. The van der Waals surface area contributed by atoms with Crippen LogP contribution in [0.25, 0.3) is 0 Å². The number of amides is 2. The van der Waals surface area contributed by atoms with Crippen LogP contribution in [0.5, 0.6) is 0 Å². The number of carbonyl (C=O) groups is 3. The van der Waals surface area contributed by atoms with Crippen molar-refractivity contribution in [3.8, 4) is 0 Å². The number of imide groups is 1. The molecule has 3 rings (SSSR count). The lowest BCUT2D eigenvalue weighted by atomic mass is 9.81. The minimum Gasteiger partial charge on any atom is -0.480 e. The third-order valence-electron chi connectivity index (χ3n) is 3.67. The summed E-state index contributed by atoms with van der Waals surface area (Å²) >= 11 is 0. The molecule has 3 aliphatic heterocycles. The van der Waals surface area contributed by atoms with Crippen LogP contribution in [0.15, 0.2) is 0 Å². The van der Waals surface area contributed by atoms with E-state index in [1.165, 1.54) is 0 Å². The second-order valence-corrected chi connectivity index (χ2v) is 4.50. The quantitative estimate of drug-likeness (QED) is 0.624. The lowest BCUT2D eigenvalue weighted by molar-refractivity contribution is -0.151. The van der Waals surface area contributed by atoms with Crippen molar-refractivity contribution in [1.29, 1.82) is 0 Å². The number of nitrogens with zero attached hydrogens (tertiary/aromatic N) is 1. The van der Waals surface area contributed by atoms with Gasteiger partial charge in [0.2, 0.25) is 11.8 Å². The predicted octanol–water partition coefficient (Wildman–Crippen LogP) is -0.767. The van der Waals surface area contributed by atoms with Crippen molar-refractivity contribution in [2.45, 2.75) is 25.0 Å². The number of hydrogen-bond donors (Lipinski definition) is 1. The molecule has 3 aliphatic rings. The Bertz CT molecular complexity index is 365. The van der Waals surface area contributed by atoms with E-state index in [4.69, 9.17) is 9.84 Å². The maximum absolute atomic E-state index is 11.9. The average molecular weight is 225 g/mol. The van der Waals surface area contributed by atoms with Gasteiger partial charge in [-0.15, -0.1) is 0 Å². The number of rotatable bonds is 2. The maximum atomic E-state index is 11.9. The van der Waals surface area contributed by atoms with Crippen molar-refractivity contribution in [2.75, 3.05) is 6.54 Å². The van der Waals surface area contributed by atoms with E-state index < -0.39 is 24.3 Å². The molecular formula is C10H11NO5. The highest BCUT2D eigenvalue weighted by Crippen LogP contribution is 2.48. The van der Waals surface area contributed by atoms with E-state index in [-0.39, 0.29) is 24.0 Å². The van der Waals surface area contributed by atoms with Gasteiger partial charge in [0.1, 0.15) is 6.54 Å². The SMILES string of the molecule is O=C(O)CN1C(=O)[C@@H]2[C@@H](C1=O)[C@H]1CC[C@@H]2O1. The molecule has 0 spiro atoms. The second-order valence-electron chi connectivity index (χ2n) is 4.50. The average Bonchev–Trinajstić information content (AvgIpc) is 2.87. The zero-order chi connectivity index (χ0) is 11.4. The Morgan fingerprint density at radius 3 is 2.19 bits per heavy atom. The van der Waals surface area contributed by atoms with Crippen LogP contribution in [0.3, 0.4) is 0 Å². The lowest BCUT2D eigenvalue weighted by Crippen LogP contribution is -2.38. The fourth-order valence-corrected chi connectivity index (χ4v) is 3.06. The number of carboxylic acids is 1. The fraction of sp³-hybridized carbons (Fsp3) is 0.700. The van der Waals surface area contributed by atoms with Crippen molar-refractivity contribution >= 4 is 17.8 Å². The van der Waals surface area contributed by atoms with Crippen LogP contribution in [0.1, 0.15) is 12.8 Å². The van der Waals surface area contributed by atoms with Crippen molar-refractivity contribution in [3.63, 3.8) is 0 Å². The van der Waals surface area contributed by atoms with E-state index in [9.17, 15) is 14.4 Å². The van der Waals surface area contributed by atoms with Gasteiger partial charge in [-0.2, -0.15) is 0 Å². The van der Waals surface area contributed by atoms with Gasteiger partial charge in [0.15, 0.2) is 0 Å². The first-order valence-electron chi connectivity index (χ1n) is 5.32. The number of ether oxygens (including phenoxy) is 1. The van der Waals surface area contributed by atoms with E-state index in [0.29, 0.717) is 0 Å². The monoisotopic (exact) mass is 225 g/mol. The first-order valence-corrected chi connectivity index (χ1v) is 5.32. The summed E-state index contributed by atoms with van der Waals surface area (Å²) in [5.74, 6) is -2.75. The van der Waals surface area contributed by atoms with Crippen LogP contribution < -0.4 is 0 Å². The molecule has 0 aliphatic carbocycles. The van der Waals surface area contributed by atoms with Gasteiger partial charge in [-0.3, -0.25) is 19.3 Å². The smallest absolute Gasteiger partial charge is 0.323 e. The molecule has 6 nitrogen and oxygen atoms in total. The topological polar surface area (TPSA) is 83.9 Å². The zero-order valence-electron chi connectivity index (χ0n) is 8.46. The van der Waals surface area contributed by atoms with Crippen LogP contribution in [0.4, 0.5) is 0 Å². The van der Waals surface area contributed by atoms with Crippen molar-refractivity contribution in [3.05, 3.63) is 0 Å². The summed E-state index contributed by atoms with van der Waals surface area (Å²) in [6, 6.07) is 0. The summed E-state index contributed by atoms with van der Waals surface area (Å²) < 4.78 is 5.52. The third kappa shape index (κ3) is 1.07. The van der Waals surface area contributed by atoms with E-state index in [1.807, 2.05) is 0 Å². The molecular weight excluding hydrogens is 214 g/mol. The van der Waals surface area contributed by atoms with Gasteiger partial charge in [0.25, 0.3) is 0 Å². The molecule has 0 aromatic rings. The molecule has 86 valence electrons. The number of carbonyl (C=O) groups excluding carboxylic acids is 2. The van der Waals surface area contributed by atoms with Gasteiger partial charge in [-0.05, 0) is 12.8 Å². The van der Waals surface area contributed by atoms with Crippen LogP contribution in [-0.2, 0) is 19.1 Å². The molecule has 1 N–H and O–H groups in total. The Kier molecular flexibility index (Phi) is 1.85. The standard InChI is InChI=1S/C10H11NO5/c12-6(13)3-11-9(14)7-4-1-2-5(16-4)8(7)10(11)15/h4-5,7-8H,1-3H2,(H,12,13)/t4-,5+,7-,8-/m0/s1. The Hall–Kier alpha value is -1.43. The number of aliphatic carboxylic acids is 1. The first kappa shape index (κ1) is 9.77. The minimum atomic E-state index is -1.16. The Morgan fingerprint density at radius 1 is 1.25 bits per heavy atom. The highest BCUT2D eigenvalue weighted by molar-refractivity contribution is 6.07. The van der Waals surface area contributed by atoms with Crippen molar-refractivity contribution in [1.82, 2.24) is 4.90 Å². The highest BCUT2D eigenvalue weighted by Gasteiger charge is 2.62. The number of likely N-dealkylation sites (tertiary alicyclic amines) is 1. The summed E-state index contributed by atoms with van der Waals surface area (Å²) in [5, 5.41) is 8.64. The fourth-order valence-electron chi connectivity index (χ4n) is 3.06. The normalized spacial score (nSPS) is 40.6. The van der Waals surface area contributed by atoms with E-state index in [0.717, 1.165) is 17.7 Å². The third-order valence-corrected chi connectivity index (χ3v) is 3.67. The summed E-state index contributed by atoms with van der Waals surface area (Å²) in [6.07, 6.45) is 1.24. The predicted molar refractivity (Wildman–Crippen MR) is 49.2 cm³/mol. The van der Waals surface area contributed by atoms with E-state index in [2.05, 4.69) is 0 Å². The van der Waals surface area contributed by atoms with Gasteiger partial charge >= 0.3 is 5.97 Å². The Balaban J connectivity index is 1.89. The van der Waals surface area contributed by atoms with E-state index >= 15 is 0 Å². The molecule has 2 amide bonds. The minimum absolute atomic E-state index is 0.176.